The molecule has 2 aromatic carbocycles. The molecule has 0 atom stereocenters. The van der Waals surface area contributed by atoms with Crippen LogP contribution in [-0.2, 0) is 9.59 Å². The molecule has 1 aliphatic heterocycles. The van der Waals surface area contributed by atoms with Crippen LogP contribution in [0.2, 0.25) is 0 Å². The minimum absolute atomic E-state index is 0.281. The second kappa shape index (κ2) is 9.99. The topological polar surface area (TPSA) is 79.0 Å². The van der Waals surface area contributed by atoms with E-state index in [2.05, 4.69) is 5.32 Å². The van der Waals surface area contributed by atoms with Gasteiger partial charge in [0.2, 0.25) is 5.91 Å². The number of rotatable bonds is 7. The van der Waals surface area contributed by atoms with Gasteiger partial charge in [0.25, 0.3) is 11.1 Å². The number of ether oxygens (including phenoxy) is 1. The van der Waals surface area contributed by atoms with Crippen molar-refractivity contribution in [1.29, 1.82) is 0 Å². The molecule has 31 heavy (non-hydrogen) atoms. The van der Waals surface area contributed by atoms with E-state index in [0.717, 1.165) is 27.9 Å². The maximum atomic E-state index is 12.5. The zero-order valence-electron chi connectivity index (χ0n) is 17.5. The summed E-state index contributed by atoms with van der Waals surface area (Å²) in [5.41, 5.74) is 2.61. The van der Waals surface area contributed by atoms with E-state index < -0.39 is 17.1 Å². The minimum Gasteiger partial charge on any atom is -0.497 e. The molecule has 0 aliphatic carbocycles. The fourth-order valence-electron chi connectivity index (χ4n) is 2.80. The summed E-state index contributed by atoms with van der Waals surface area (Å²) >= 11 is 0.821. The number of imide groups is 1. The number of thioether (sulfide) groups is 1. The molecule has 0 bridgehead atoms. The van der Waals surface area contributed by atoms with Crippen molar-refractivity contribution in [2.75, 3.05) is 38.0 Å². The van der Waals surface area contributed by atoms with Crippen LogP contribution >= 0.6 is 11.8 Å². The summed E-state index contributed by atoms with van der Waals surface area (Å²) in [6.07, 6.45) is 5.16. The maximum absolute atomic E-state index is 12.5. The zero-order chi connectivity index (χ0) is 22.4. The van der Waals surface area contributed by atoms with Crippen LogP contribution in [0, 0.1) is 0 Å². The Hall–Kier alpha value is -3.52. The quantitative estimate of drug-likeness (QED) is 0.660. The van der Waals surface area contributed by atoms with E-state index in [-0.39, 0.29) is 11.4 Å². The van der Waals surface area contributed by atoms with Crippen molar-refractivity contribution >= 4 is 46.3 Å². The molecule has 1 heterocycles. The van der Waals surface area contributed by atoms with E-state index in [4.69, 9.17) is 4.74 Å². The number of carbonyl (C=O) groups excluding carboxylic acids is 3. The first-order valence-electron chi connectivity index (χ1n) is 9.50. The average Bonchev–Trinajstić information content (AvgIpc) is 3.02. The Morgan fingerprint density at radius 1 is 1.10 bits per heavy atom. The lowest BCUT2D eigenvalue weighted by molar-refractivity contribution is -0.127. The number of hydrogen-bond acceptors (Lipinski definition) is 6. The molecule has 2 aromatic rings. The van der Waals surface area contributed by atoms with Crippen LogP contribution in [-0.4, -0.2) is 49.7 Å². The molecule has 0 aromatic heterocycles. The van der Waals surface area contributed by atoms with Gasteiger partial charge in [-0.15, -0.1) is 0 Å². The predicted molar refractivity (Wildman–Crippen MR) is 124 cm³/mol. The molecule has 1 fully saturated rings. The molecule has 8 heteroatoms. The Morgan fingerprint density at radius 2 is 1.77 bits per heavy atom. The van der Waals surface area contributed by atoms with Gasteiger partial charge < -0.3 is 15.0 Å². The Kier molecular flexibility index (Phi) is 7.15. The van der Waals surface area contributed by atoms with Gasteiger partial charge >= 0.3 is 0 Å². The number of methoxy groups -OCH3 is 1. The molecule has 3 rings (SSSR count). The van der Waals surface area contributed by atoms with Gasteiger partial charge in [-0.3, -0.25) is 19.3 Å². The Morgan fingerprint density at radius 3 is 2.39 bits per heavy atom. The van der Waals surface area contributed by atoms with Gasteiger partial charge in [-0.1, -0.05) is 24.3 Å². The van der Waals surface area contributed by atoms with Crippen LogP contribution in [0.15, 0.2) is 65.6 Å². The van der Waals surface area contributed by atoms with Gasteiger partial charge in [0.1, 0.15) is 12.3 Å². The number of anilines is 2. The van der Waals surface area contributed by atoms with Crippen molar-refractivity contribution < 1.29 is 19.1 Å². The molecule has 7 nitrogen and oxygen atoms in total. The Balaban J connectivity index is 1.59. The summed E-state index contributed by atoms with van der Waals surface area (Å²) in [5, 5.41) is 2.20. The predicted octanol–water partition coefficient (Wildman–Crippen LogP) is 3.99. The van der Waals surface area contributed by atoms with E-state index in [1.54, 1.807) is 43.5 Å². The molecule has 0 saturated carbocycles. The highest BCUT2D eigenvalue weighted by atomic mass is 32.2. The molecule has 0 unspecified atom stereocenters. The van der Waals surface area contributed by atoms with E-state index >= 15 is 0 Å². The molecular formula is C23H23N3O4S. The van der Waals surface area contributed by atoms with E-state index in [1.165, 1.54) is 0 Å². The third kappa shape index (κ3) is 5.76. The first kappa shape index (κ1) is 22.2. The minimum atomic E-state index is -0.479. The molecule has 0 radical (unpaired) electrons. The zero-order valence-corrected chi connectivity index (χ0v) is 18.3. The van der Waals surface area contributed by atoms with Crippen LogP contribution in [0.4, 0.5) is 16.2 Å². The van der Waals surface area contributed by atoms with E-state index in [0.29, 0.717) is 11.4 Å². The van der Waals surface area contributed by atoms with Gasteiger partial charge in [0.05, 0.1) is 12.0 Å². The molecule has 1 saturated heterocycles. The third-order valence-corrected chi connectivity index (χ3v) is 5.42. The monoisotopic (exact) mass is 437 g/mol. The second-order valence-corrected chi connectivity index (χ2v) is 7.91. The summed E-state index contributed by atoms with van der Waals surface area (Å²) in [7, 11) is 5.49. The second-order valence-electron chi connectivity index (χ2n) is 6.91. The highest BCUT2D eigenvalue weighted by Gasteiger charge is 2.35. The Labute approximate surface area is 185 Å². The van der Waals surface area contributed by atoms with Gasteiger partial charge in [0, 0.05) is 25.5 Å². The lowest BCUT2D eigenvalue weighted by Crippen LogP contribution is -2.36. The lowest BCUT2D eigenvalue weighted by atomic mass is 10.2. The summed E-state index contributed by atoms with van der Waals surface area (Å²) in [5.74, 6) is -0.270. The first-order valence-corrected chi connectivity index (χ1v) is 10.3. The van der Waals surface area contributed by atoms with Gasteiger partial charge in [-0.05, 0) is 59.8 Å². The van der Waals surface area contributed by atoms with Gasteiger partial charge in [0.15, 0.2) is 0 Å². The molecule has 160 valence electrons. The molecule has 0 spiro atoms. The highest BCUT2D eigenvalue weighted by molar-refractivity contribution is 8.18. The SMILES string of the molecule is COc1ccc(NC(=O)CN2C(=O)S/C(=C/C=C/c3ccc(N(C)C)cc3)C2=O)cc1. The molecule has 3 amide bonds. The van der Waals surface area contributed by atoms with Crippen LogP contribution in [0.1, 0.15) is 5.56 Å². The number of carbonyl (C=O) groups is 3. The number of nitrogens with zero attached hydrogens (tertiary/aromatic N) is 2. The first-order chi connectivity index (χ1) is 14.9. The average molecular weight is 438 g/mol. The highest BCUT2D eigenvalue weighted by Crippen LogP contribution is 2.30. The lowest BCUT2D eigenvalue weighted by Gasteiger charge is -2.12. The standard InChI is InChI=1S/C23H23N3O4S/c1-25(2)18-11-7-16(8-12-18)5-4-6-20-22(28)26(23(29)31-20)15-21(27)24-17-9-13-19(30-3)14-10-17/h4-14H,15H2,1-3H3,(H,24,27)/b5-4+,20-6+. The summed E-state index contributed by atoms with van der Waals surface area (Å²) < 4.78 is 5.07. The van der Waals surface area contributed by atoms with Crippen molar-refractivity contribution in [1.82, 2.24) is 4.90 Å². The normalized spacial score (nSPS) is 15.1. The fraction of sp³-hybridized carbons (Fsp3) is 0.174. The van der Waals surface area contributed by atoms with Crippen LogP contribution in [0.3, 0.4) is 0 Å². The van der Waals surface area contributed by atoms with Crippen LogP contribution in [0.5, 0.6) is 5.75 Å². The van der Waals surface area contributed by atoms with Crippen molar-refractivity contribution in [2.45, 2.75) is 0 Å². The van der Waals surface area contributed by atoms with Crippen molar-refractivity contribution in [3.63, 3.8) is 0 Å². The third-order valence-electron chi connectivity index (χ3n) is 4.49. The Bertz CT molecular complexity index is 1030. The number of allylic oxidation sites excluding steroid dienone is 2. The maximum Gasteiger partial charge on any atom is 0.294 e. The smallest absolute Gasteiger partial charge is 0.294 e. The summed E-state index contributed by atoms with van der Waals surface area (Å²) in [6, 6.07) is 14.7. The molecule has 1 N–H and O–H groups in total. The van der Waals surface area contributed by atoms with Gasteiger partial charge in [-0.2, -0.15) is 0 Å². The van der Waals surface area contributed by atoms with E-state index in [1.807, 2.05) is 49.3 Å². The molecular weight excluding hydrogens is 414 g/mol. The summed E-state index contributed by atoms with van der Waals surface area (Å²) in [6.45, 7) is -0.344. The van der Waals surface area contributed by atoms with Gasteiger partial charge in [-0.25, -0.2) is 0 Å². The van der Waals surface area contributed by atoms with Crippen LogP contribution in [0.25, 0.3) is 6.08 Å². The van der Waals surface area contributed by atoms with Crippen molar-refractivity contribution in [3.05, 3.63) is 71.2 Å². The number of amides is 3. The number of hydrogen-bond donors (Lipinski definition) is 1. The largest absolute Gasteiger partial charge is 0.497 e. The number of benzene rings is 2. The van der Waals surface area contributed by atoms with Crippen molar-refractivity contribution in [2.24, 2.45) is 0 Å². The van der Waals surface area contributed by atoms with Crippen molar-refractivity contribution in [3.8, 4) is 5.75 Å². The van der Waals surface area contributed by atoms with E-state index in [9.17, 15) is 14.4 Å². The van der Waals surface area contributed by atoms with Crippen LogP contribution < -0.4 is 15.0 Å². The number of nitrogens with one attached hydrogen (secondary N) is 1. The fourth-order valence-corrected chi connectivity index (χ4v) is 3.59. The summed E-state index contributed by atoms with van der Waals surface area (Å²) in [4.78, 5) is 40.2. The molecule has 1 aliphatic rings.